The summed E-state index contributed by atoms with van der Waals surface area (Å²) in [5.41, 5.74) is 3.04. The van der Waals surface area contributed by atoms with E-state index in [1.165, 1.54) is 17.5 Å². The lowest BCUT2D eigenvalue weighted by molar-refractivity contribution is -0.128. The zero-order valence-electron chi connectivity index (χ0n) is 8.92. The maximum Gasteiger partial charge on any atom is 0.293 e. The number of thiazole rings is 1. The molecular weight excluding hydrogens is 342 g/mol. The van der Waals surface area contributed by atoms with E-state index in [2.05, 4.69) is 30.9 Å². The van der Waals surface area contributed by atoms with Gasteiger partial charge in [0.25, 0.3) is 6.47 Å². The first-order valence-electron chi connectivity index (χ1n) is 4.83. The van der Waals surface area contributed by atoms with Crippen molar-refractivity contribution in [3.63, 3.8) is 0 Å². The highest BCUT2D eigenvalue weighted by Crippen LogP contribution is 2.34. The predicted octanol–water partition coefficient (Wildman–Crippen LogP) is 2.86. The highest BCUT2D eigenvalue weighted by molar-refractivity contribution is 9.09. The molecular formula is C10H7BrClN3O2S. The summed E-state index contributed by atoms with van der Waals surface area (Å²) in [6.45, 7) is 0.650. The summed E-state index contributed by atoms with van der Waals surface area (Å²) in [6, 6.07) is 0. The minimum atomic E-state index is -0.123. The zero-order chi connectivity index (χ0) is 13.0. The molecule has 94 valence electrons. The number of nitrogens with zero attached hydrogens (tertiary/aromatic N) is 3. The lowest BCUT2D eigenvalue weighted by atomic mass is 10.2. The summed E-state index contributed by atoms with van der Waals surface area (Å²) in [6.07, 6.45) is 3.02. The van der Waals surface area contributed by atoms with Crippen LogP contribution in [0.2, 0.25) is 5.15 Å². The number of alkyl halides is 1. The third kappa shape index (κ3) is 3.04. The predicted molar refractivity (Wildman–Crippen MR) is 71.8 cm³/mol. The molecule has 2 heterocycles. The molecule has 0 saturated carbocycles. The number of hydrogen-bond acceptors (Lipinski definition) is 6. The summed E-state index contributed by atoms with van der Waals surface area (Å²) >= 11 is 10.6. The second kappa shape index (κ2) is 6.21. The van der Waals surface area contributed by atoms with Crippen LogP contribution in [0.3, 0.4) is 0 Å². The average molecular weight is 349 g/mol. The van der Waals surface area contributed by atoms with Crippen LogP contribution in [0.1, 0.15) is 9.70 Å². The molecule has 0 spiro atoms. The maximum atomic E-state index is 10.2. The molecule has 1 atom stereocenters. The monoisotopic (exact) mass is 347 g/mol. The third-order valence-corrected chi connectivity index (χ3v) is 4.22. The van der Waals surface area contributed by atoms with Crippen molar-refractivity contribution in [3.8, 4) is 11.4 Å². The quantitative estimate of drug-likeness (QED) is 0.614. The Hall–Kier alpha value is -1.05. The lowest BCUT2D eigenvalue weighted by Crippen LogP contribution is -2.01. The van der Waals surface area contributed by atoms with Crippen LogP contribution in [-0.2, 0) is 9.53 Å². The molecule has 0 saturated heterocycles. The van der Waals surface area contributed by atoms with Crippen LogP contribution >= 0.6 is 38.9 Å². The second-order valence-electron chi connectivity index (χ2n) is 3.19. The van der Waals surface area contributed by atoms with E-state index in [4.69, 9.17) is 16.3 Å². The van der Waals surface area contributed by atoms with E-state index in [9.17, 15) is 4.79 Å². The van der Waals surface area contributed by atoms with Gasteiger partial charge < -0.3 is 4.74 Å². The van der Waals surface area contributed by atoms with Crippen LogP contribution < -0.4 is 0 Å². The average Bonchev–Trinajstić information content (AvgIpc) is 2.86. The van der Waals surface area contributed by atoms with Crippen molar-refractivity contribution >= 4 is 45.3 Å². The van der Waals surface area contributed by atoms with E-state index < -0.39 is 0 Å². The Balaban J connectivity index is 2.26. The number of carbonyl (C=O) groups excluding carboxylic acids is 1. The van der Waals surface area contributed by atoms with Gasteiger partial charge in [0.15, 0.2) is 0 Å². The van der Waals surface area contributed by atoms with Crippen molar-refractivity contribution in [2.75, 3.05) is 6.61 Å². The van der Waals surface area contributed by atoms with Crippen molar-refractivity contribution < 1.29 is 9.53 Å². The molecule has 8 heteroatoms. The fourth-order valence-electron chi connectivity index (χ4n) is 1.30. The molecule has 5 nitrogen and oxygen atoms in total. The van der Waals surface area contributed by atoms with E-state index in [0.717, 1.165) is 4.88 Å². The van der Waals surface area contributed by atoms with Crippen molar-refractivity contribution in [2.45, 2.75) is 4.83 Å². The Morgan fingerprint density at radius 2 is 2.28 bits per heavy atom. The first-order valence-corrected chi connectivity index (χ1v) is 7.00. The molecule has 0 fully saturated rings. The molecule has 2 rings (SSSR count). The molecule has 0 bridgehead atoms. The maximum absolute atomic E-state index is 10.2. The van der Waals surface area contributed by atoms with E-state index in [-0.39, 0.29) is 11.4 Å². The number of carbonyl (C=O) groups is 1. The van der Waals surface area contributed by atoms with Gasteiger partial charge in [-0.1, -0.05) is 27.5 Å². The van der Waals surface area contributed by atoms with E-state index in [1.54, 1.807) is 11.7 Å². The Labute approximate surface area is 120 Å². The van der Waals surface area contributed by atoms with Gasteiger partial charge in [0.1, 0.15) is 23.1 Å². The molecule has 18 heavy (non-hydrogen) atoms. The van der Waals surface area contributed by atoms with Gasteiger partial charge in [-0.15, -0.1) is 11.3 Å². The SMILES string of the molecule is O=COCC(Br)c1scnc1-c1cnc(Cl)cn1. The summed E-state index contributed by atoms with van der Waals surface area (Å²) in [5, 5.41) is 0.329. The Morgan fingerprint density at radius 1 is 1.44 bits per heavy atom. The molecule has 0 radical (unpaired) electrons. The largest absolute Gasteiger partial charge is 0.466 e. The van der Waals surface area contributed by atoms with Gasteiger partial charge in [0.05, 0.1) is 27.6 Å². The molecule has 0 aliphatic heterocycles. The summed E-state index contributed by atoms with van der Waals surface area (Å²) in [7, 11) is 0. The zero-order valence-corrected chi connectivity index (χ0v) is 12.1. The van der Waals surface area contributed by atoms with Crippen LogP contribution in [-0.4, -0.2) is 28.0 Å². The van der Waals surface area contributed by atoms with Crippen molar-refractivity contribution in [3.05, 3.63) is 27.9 Å². The van der Waals surface area contributed by atoms with Crippen LogP contribution in [0, 0.1) is 0 Å². The number of aromatic nitrogens is 3. The van der Waals surface area contributed by atoms with Gasteiger partial charge in [0, 0.05) is 0 Å². The molecule has 1 unspecified atom stereocenters. The van der Waals surface area contributed by atoms with E-state index in [0.29, 0.717) is 23.0 Å². The molecule has 2 aromatic rings. The minimum absolute atomic E-state index is 0.123. The molecule has 0 N–H and O–H groups in total. The molecule has 0 aromatic carbocycles. The minimum Gasteiger partial charge on any atom is -0.466 e. The summed E-state index contributed by atoms with van der Waals surface area (Å²) in [5.74, 6) is 0. The molecule has 0 aliphatic rings. The fourth-order valence-corrected chi connectivity index (χ4v) is 2.85. The number of ether oxygens (including phenoxy) is 1. The van der Waals surface area contributed by atoms with Gasteiger partial charge in [0.2, 0.25) is 0 Å². The van der Waals surface area contributed by atoms with Gasteiger partial charge in [-0.3, -0.25) is 4.79 Å². The molecule has 0 amide bonds. The number of rotatable bonds is 5. The summed E-state index contributed by atoms with van der Waals surface area (Å²) in [4.78, 5) is 23.4. The normalized spacial score (nSPS) is 12.1. The van der Waals surface area contributed by atoms with Gasteiger partial charge in [-0.05, 0) is 0 Å². The first kappa shape index (κ1) is 13.4. The molecule has 2 aromatic heterocycles. The van der Waals surface area contributed by atoms with Crippen LogP contribution in [0.5, 0.6) is 0 Å². The van der Waals surface area contributed by atoms with Gasteiger partial charge >= 0.3 is 0 Å². The van der Waals surface area contributed by atoms with Crippen molar-refractivity contribution in [1.82, 2.24) is 15.0 Å². The first-order chi connectivity index (χ1) is 8.72. The summed E-state index contributed by atoms with van der Waals surface area (Å²) < 4.78 is 4.72. The third-order valence-electron chi connectivity index (χ3n) is 2.05. The highest BCUT2D eigenvalue weighted by atomic mass is 79.9. The number of halogens is 2. The standard InChI is InChI=1S/C10H7BrClN3O2S/c11-6(3-17-5-16)10-9(15-4-18-10)7-1-14-8(12)2-13-7/h1-2,4-6H,3H2. The lowest BCUT2D eigenvalue weighted by Gasteiger charge is -2.07. The van der Waals surface area contributed by atoms with Crippen molar-refractivity contribution in [1.29, 1.82) is 0 Å². The van der Waals surface area contributed by atoms with Crippen LogP contribution in [0.25, 0.3) is 11.4 Å². The smallest absolute Gasteiger partial charge is 0.293 e. The topological polar surface area (TPSA) is 65.0 Å². The Kier molecular flexibility index (Phi) is 4.62. The van der Waals surface area contributed by atoms with E-state index >= 15 is 0 Å². The molecule has 0 aliphatic carbocycles. The van der Waals surface area contributed by atoms with Gasteiger partial charge in [-0.25, -0.2) is 15.0 Å². The van der Waals surface area contributed by atoms with Crippen LogP contribution in [0.15, 0.2) is 17.9 Å². The number of hydrogen-bond donors (Lipinski definition) is 0. The van der Waals surface area contributed by atoms with Crippen molar-refractivity contribution in [2.24, 2.45) is 0 Å². The Bertz CT molecular complexity index is 534. The van der Waals surface area contributed by atoms with Gasteiger partial charge in [-0.2, -0.15) is 0 Å². The van der Waals surface area contributed by atoms with Crippen LogP contribution in [0.4, 0.5) is 0 Å². The fraction of sp³-hybridized carbons (Fsp3) is 0.200. The van der Waals surface area contributed by atoms with E-state index in [1.807, 2.05) is 0 Å². The second-order valence-corrected chi connectivity index (χ2v) is 5.57. The Morgan fingerprint density at radius 3 is 2.94 bits per heavy atom. The highest BCUT2D eigenvalue weighted by Gasteiger charge is 2.18.